The quantitative estimate of drug-likeness (QED) is 0.698. The van der Waals surface area contributed by atoms with Crippen LogP contribution in [0.5, 0.6) is 0 Å². The van der Waals surface area contributed by atoms with E-state index < -0.39 is 0 Å². The van der Waals surface area contributed by atoms with Gasteiger partial charge < -0.3 is 10.4 Å². The van der Waals surface area contributed by atoms with Crippen molar-refractivity contribution in [1.29, 1.82) is 0 Å². The Morgan fingerprint density at radius 3 is 3.08 bits per heavy atom. The van der Waals surface area contributed by atoms with E-state index in [-0.39, 0.29) is 18.6 Å². The van der Waals surface area contributed by atoms with Crippen LogP contribution < -0.4 is 5.32 Å². The molecule has 4 heteroatoms. The summed E-state index contributed by atoms with van der Waals surface area (Å²) in [5.41, 5.74) is 0.503. The SMILES string of the molecule is C[C@@H](CO)NC(=O)c1cccnc1. The van der Waals surface area contributed by atoms with Crippen molar-refractivity contribution in [2.45, 2.75) is 13.0 Å². The third-order valence-electron chi connectivity index (χ3n) is 1.58. The molecule has 4 nitrogen and oxygen atoms in total. The second kappa shape index (κ2) is 4.57. The Morgan fingerprint density at radius 1 is 1.77 bits per heavy atom. The van der Waals surface area contributed by atoms with Gasteiger partial charge in [0.25, 0.3) is 5.91 Å². The summed E-state index contributed by atoms with van der Waals surface area (Å²) in [6.07, 6.45) is 3.09. The van der Waals surface area contributed by atoms with E-state index in [0.717, 1.165) is 0 Å². The van der Waals surface area contributed by atoms with Crippen LogP contribution in [0.4, 0.5) is 0 Å². The van der Waals surface area contributed by atoms with Crippen molar-refractivity contribution < 1.29 is 9.90 Å². The first kappa shape index (κ1) is 9.67. The Labute approximate surface area is 76.6 Å². The molecule has 0 aliphatic rings. The predicted octanol–water partition coefficient (Wildman–Crippen LogP) is 0.192. The number of nitrogens with zero attached hydrogens (tertiary/aromatic N) is 1. The number of hydrogen-bond donors (Lipinski definition) is 2. The molecule has 0 unspecified atom stereocenters. The summed E-state index contributed by atoms with van der Waals surface area (Å²) in [6, 6.07) is 3.14. The van der Waals surface area contributed by atoms with Crippen molar-refractivity contribution in [3.63, 3.8) is 0 Å². The van der Waals surface area contributed by atoms with Gasteiger partial charge in [0.1, 0.15) is 0 Å². The van der Waals surface area contributed by atoms with Crippen LogP contribution in [-0.4, -0.2) is 28.6 Å². The van der Waals surface area contributed by atoms with E-state index >= 15 is 0 Å². The molecular formula is C9H12N2O2. The van der Waals surface area contributed by atoms with Gasteiger partial charge in [0.15, 0.2) is 0 Å². The molecule has 1 amide bonds. The third kappa shape index (κ3) is 2.83. The van der Waals surface area contributed by atoms with Gasteiger partial charge in [-0.1, -0.05) is 0 Å². The summed E-state index contributed by atoms with van der Waals surface area (Å²) < 4.78 is 0. The molecule has 2 N–H and O–H groups in total. The fourth-order valence-electron chi connectivity index (χ4n) is 0.850. The van der Waals surface area contributed by atoms with E-state index in [1.54, 1.807) is 25.3 Å². The molecule has 1 heterocycles. The topological polar surface area (TPSA) is 62.2 Å². The van der Waals surface area contributed by atoms with Gasteiger partial charge >= 0.3 is 0 Å². The van der Waals surface area contributed by atoms with Gasteiger partial charge in [-0.3, -0.25) is 9.78 Å². The fraction of sp³-hybridized carbons (Fsp3) is 0.333. The summed E-state index contributed by atoms with van der Waals surface area (Å²) in [5.74, 6) is -0.213. The summed E-state index contributed by atoms with van der Waals surface area (Å²) in [5, 5.41) is 11.3. The molecule has 13 heavy (non-hydrogen) atoms. The van der Waals surface area contributed by atoms with Crippen molar-refractivity contribution in [2.24, 2.45) is 0 Å². The Hall–Kier alpha value is -1.42. The molecule has 0 saturated carbocycles. The normalized spacial score (nSPS) is 12.2. The number of amides is 1. The molecule has 0 bridgehead atoms. The van der Waals surface area contributed by atoms with Crippen molar-refractivity contribution >= 4 is 5.91 Å². The lowest BCUT2D eigenvalue weighted by atomic mass is 10.2. The number of aliphatic hydroxyl groups excluding tert-OH is 1. The van der Waals surface area contributed by atoms with Crippen molar-refractivity contribution in [3.8, 4) is 0 Å². The minimum atomic E-state index is -0.229. The van der Waals surface area contributed by atoms with Gasteiger partial charge in [-0.15, -0.1) is 0 Å². The summed E-state index contributed by atoms with van der Waals surface area (Å²) in [7, 11) is 0. The van der Waals surface area contributed by atoms with E-state index in [0.29, 0.717) is 5.56 Å². The highest BCUT2D eigenvalue weighted by atomic mass is 16.3. The van der Waals surface area contributed by atoms with Gasteiger partial charge in [0.05, 0.1) is 12.2 Å². The maximum absolute atomic E-state index is 11.4. The van der Waals surface area contributed by atoms with E-state index in [1.807, 2.05) is 0 Å². The van der Waals surface area contributed by atoms with Crippen molar-refractivity contribution in [1.82, 2.24) is 10.3 Å². The number of carbonyl (C=O) groups excluding carboxylic acids is 1. The maximum atomic E-state index is 11.4. The molecule has 70 valence electrons. The first-order chi connectivity index (χ1) is 6.24. The number of rotatable bonds is 3. The van der Waals surface area contributed by atoms with Crippen molar-refractivity contribution in [3.05, 3.63) is 30.1 Å². The van der Waals surface area contributed by atoms with Gasteiger partial charge in [-0.05, 0) is 19.1 Å². The number of carbonyl (C=O) groups is 1. The number of pyridine rings is 1. The highest BCUT2D eigenvalue weighted by Gasteiger charge is 2.07. The van der Waals surface area contributed by atoms with E-state index in [2.05, 4.69) is 10.3 Å². The average Bonchev–Trinajstić information content (AvgIpc) is 2.19. The first-order valence-corrected chi connectivity index (χ1v) is 4.06. The number of aromatic nitrogens is 1. The Balaban J connectivity index is 2.59. The third-order valence-corrected chi connectivity index (χ3v) is 1.58. The molecule has 1 aromatic rings. The van der Waals surface area contributed by atoms with Crippen LogP contribution in [0.3, 0.4) is 0 Å². The maximum Gasteiger partial charge on any atom is 0.253 e. The van der Waals surface area contributed by atoms with Crippen LogP contribution >= 0.6 is 0 Å². The predicted molar refractivity (Wildman–Crippen MR) is 48.3 cm³/mol. The van der Waals surface area contributed by atoms with Crippen LogP contribution in [0, 0.1) is 0 Å². The van der Waals surface area contributed by atoms with Crippen LogP contribution in [0.15, 0.2) is 24.5 Å². The number of hydrogen-bond acceptors (Lipinski definition) is 3. The largest absolute Gasteiger partial charge is 0.394 e. The molecular weight excluding hydrogens is 168 g/mol. The van der Waals surface area contributed by atoms with E-state index in [4.69, 9.17) is 5.11 Å². The van der Waals surface area contributed by atoms with Crippen LogP contribution in [0.25, 0.3) is 0 Å². The molecule has 0 radical (unpaired) electrons. The van der Waals surface area contributed by atoms with Gasteiger partial charge in [-0.2, -0.15) is 0 Å². The summed E-state index contributed by atoms with van der Waals surface area (Å²) in [6.45, 7) is 1.67. The first-order valence-electron chi connectivity index (χ1n) is 4.06. The molecule has 1 aromatic heterocycles. The monoisotopic (exact) mass is 180 g/mol. The fourth-order valence-corrected chi connectivity index (χ4v) is 0.850. The minimum absolute atomic E-state index is 0.0635. The Kier molecular flexibility index (Phi) is 3.40. The molecule has 0 saturated heterocycles. The smallest absolute Gasteiger partial charge is 0.253 e. The van der Waals surface area contributed by atoms with Gasteiger partial charge in [0.2, 0.25) is 0 Å². The lowest BCUT2D eigenvalue weighted by Gasteiger charge is -2.09. The Bertz CT molecular complexity index is 274. The summed E-state index contributed by atoms with van der Waals surface area (Å²) in [4.78, 5) is 15.2. The van der Waals surface area contributed by atoms with Crippen LogP contribution in [-0.2, 0) is 0 Å². The second-order valence-electron chi connectivity index (χ2n) is 2.80. The zero-order valence-electron chi connectivity index (χ0n) is 7.40. The molecule has 0 aliphatic heterocycles. The minimum Gasteiger partial charge on any atom is -0.394 e. The molecule has 0 spiro atoms. The Morgan fingerprint density at radius 2 is 2.54 bits per heavy atom. The number of nitrogens with one attached hydrogen (secondary N) is 1. The molecule has 0 aromatic carbocycles. The molecule has 0 fully saturated rings. The molecule has 1 atom stereocenters. The van der Waals surface area contributed by atoms with Crippen LogP contribution in [0.2, 0.25) is 0 Å². The lowest BCUT2D eigenvalue weighted by Crippen LogP contribution is -2.34. The van der Waals surface area contributed by atoms with Gasteiger partial charge in [0, 0.05) is 18.4 Å². The van der Waals surface area contributed by atoms with E-state index in [1.165, 1.54) is 6.20 Å². The standard InChI is InChI=1S/C9H12N2O2/c1-7(6-12)11-9(13)8-3-2-4-10-5-8/h2-5,7,12H,6H2,1H3,(H,11,13)/t7-/m0/s1. The molecule has 0 aliphatic carbocycles. The molecule has 1 rings (SSSR count). The summed E-state index contributed by atoms with van der Waals surface area (Å²) >= 11 is 0. The zero-order chi connectivity index (χ0) is 9.68. The highest BCUT2D eigenvalue weighted by Crippen LogP contribution is 1.95. The second-order valence-corrected chi connectivity index (χ2v) is 2.80. The lowest BCUT2D eigenvalue weighted by molar-refractivity contribution is 0.0922. The van der Waals surface area contributed by atoms with Crippen molar-refractivity contribution in [2.75, 3.05) is 6.61 Å². The van der Waals surface area contributed by atoms with E-state index in [9.17, 15) is 4.79 Å². The zero-order valence-corrected chi connectivity index (χ0v) is 7.40. The average molecular weight is 180 g/mol. The number of aliphatic hydroxyl groups is 1. The highest BCUT2D eigenvalue weighted by molar-refractivity contribution is 5.93. The van der Waals surface area contributed by atoms with Gasteiger partial charge in [-0.25, -0.2) is 0 Å². The van der Waals surface area contributed by atoms with Crippen LogP contribution in [0.1, 0.15) is 17.3 Å².